The van der Waals surface area contributed by atoms with Crippen molar-refractivity contribution in [2.45, 2.75) is 26.0 Å². The van der Waals surface area contributed by atoms with E-state index in [0.29, 0.717) is 17.9 Å². The van der Waals surface area contributed by atoms with Gasteiger partial charge in [-0.15, -0.1) is 0 Å². The second-order valence-electron chi connectivity index (χ2n) is 7.46. The number of carbonyl (C=O) groups excluding carboxylic acids is 1. The zero-order valence-electron chi connectivity index (χ0n) is 16.6. The summed E-state index contributed by atoms with van der Waals surface area (Å²) >= 11 is 0. The fourth-order valence-corrected chi connectivity index (χ4v) is 3.55. The van der Waals surface area contributed by atoms with Crippen LogP contribution in [0.15, 0.2) is 54.6 Å². The highest BCUT2D eigenvalue weighted by Crippen LogP contribution is 2.14. The lowest BCUT2D eigenvalue weighted by molar-refractivity contribution is 0.0692. The van der Waals surface area contributed by atoms with Crippen LogP contribution in [0.1, 0.15) is 29.3 Å². The van der Waals surface area contributed by atoms with Gasteiger partial charge in [-0.25, -0.2) is 0 Å². The van der Waals surface area contributed by atoms with E-state index in [1.54, 1.807) is 18.2 Å². The Bertz CT molecular complexity index is 751. The number of carbonyl (C=O) groups is 1. The van der Waals surface area contributed by atoms with Gasteiger partial charge >= 0.3 is 0 Å². The number of aliphatic hydroxyl groups is 1. The van der Waals surface area contributed by atoms with Crippen molar-refractivity contribution in [1.82, 2.24) is 9.80 Å². The van der Waals surface area contributed by atoms with E-state index in [-0.39, 0.29) is 12.4 Å². The molecule has 0 aliphatic carbocycles. The Morgan fingerprint density at radius 3 is 2.57 bits per heavy atom. The van der Waals surface area contributed by atoms with Gasteiger partial charge in [-0.2, -0.15) is 0 Å². The highest BCUT2D eigenvalue weighted by atomic mass is 16.5. The first-order valence-electron chi connectivity index (χ1n) is 10.0. The molecule has 1 fully saturated rings. The summed E-state index contributed by atoms with van der Waals surface area (Å²) in [5, 5.41) is 10.4. The number of aliphatic hydroxyl groups excluding tert-OH is 1. The second kappa shape index (κ2) is 10.4. The van der Waals surface area contributed by atoms with Crippen LogP contribution in [0.2, 0.25) is 0 Å². The predicted molar refractivity (Wildman–Crippen MR) is 111 cm³/mol. The number of rotatable bonds is 8. The Labute approximate surface area is 167 Å². The van der Waals surface area contributed by atoms with Crippen LogP contribution in [-0.2, 0) is 6.54 Å². The van der Waals surface area contributed by atoms with Gasteiger partial charge in [0.05, 0.1) is 0 Å². The smallest absolute Gasteiger partial charge is 0.159 e. The molecule has 0 spiro atoms. The average Bonchev–Trinajstić information content (AvgIpc) is 2.92. The van der Waals surface area contributed by atoms with E-state index in [1.165, 1.54) is 12.5 Å². The highest BCUT2D eigenvalue weighted by molar-refractivity contribution is 5.94. The van der Waals surface area contributed by atoms with Crippen molar-refractivity contribution in [3.8, 4) is 5.75 Å². The molecule has 0 saturated carbocycles. The Morgan fingerprint density at radius 1 is 1.04 bits per heavy atom. The maximum absolute atomic E-state index is 11.5. The molecule has 0 bridgehead atoms. The summed E-state index contributed by atoms with van der Waals surface area (Å²) < 4.78 is 5.69. The monoisotopic (exact) mass is 382 g/mol. The summed E-state index contributed by atoms with van der Waals surface area (Å²) in [6.45, 7) is 7.36. The van der Waals surface area contributed by atoms with Crippen LogP contribution in [0.3, 0.4) is 0 Å². The highest BCUT2D eigenvalue weighted by Gasteiger charge is 2.18. The zero-order chi connectivity index (χ0) is 19.8. The minimum Gasteiger partial charge on any atom is -0.491 e. The van der Waals surface area contributed by atoms with Crippen LogP contribution in [0.25, 0.3) is 0 Å². The molecule has 5 heteroatoms. The van der Waals surface area contributed by atoms with E-state index in [2.05, 4.69) is 34.1 Å². The number of hydrogen-bond donors (Lipinski definition) is 1. The van der Waals surface area contributed by atoms with Crippen LogP contribution >= 0.6 is 0 Å². The minimum absolute atomic E-state index is 0.00984. The fraction of sp³-hybridized carbons (Fsp3) is 0.435. The molecule has 5 nitrogen and oxygen atoms in total. The van der Waals surface area contributed by atoms with Gasteiger partial charge in [0.15, 0.2) is 5.78 Å². The summed E-state index contributed by atoms with van der Waals surface area (Å²) in [7, 11) is 0. The van der Waals surface area contributed by atoms with Crippen molar-refractivity contribution in [2.24, 2.45) is 0 Å². The molecule has 1 N–H and O–H groups in total. The van der Waals surface area contributed by atoms with Gasteiger partial charge in [0.25, 0.3) is 0 Å². The molecule has 0 amide bonds. The van der Waals surface area contributed by atoms with Crippen LogP contribution < -0.4 is 4.74 Å². The maximum atomic E-state index is 11.5. The van der Waals surface area contributed by atoms with E-state index in [0.717, 1.165) is 39.1 Å². The lowest BCUT2D eigenvalue weighted by atomic mass is 10.1. The van der Waals surface area contributed by atoms with E-state index < -0.39 is 6.10 Å². The fourth-order valence-electron chi connectivity index (χ4n) is 3.55. The summed E-state index contributed by atoms with van der Waals surface area (Å²) in [4.78, 5) is 16.2. The van der Waals surface area contributed by atoms with Crippen molar-refractivity contribution in [1.29, 1.82) is 0 Å². The van der Waals surface area contributed by atoms with Crippen LogP contribution in [0.4, 0.5) is 0 Å². The molecule has 3 rings (SSSR count). The van der Waals surface area contributed by atoms with Crippen LogP contribution in [0, 0.1) is 0 Å². The molecule has 1 aliphatic heterocycles. The van der Waals surface area contributed by atoms with E-state index in [1.807, 2.05) is 12.1 Å². The van der Waals surface area contributed by atoms with Gasteiger partial charge in [0, 0.05) is 31.7 Å². The standard InChI is InChI=1S/C23H30N2O3/c1-19(26)21-9-5-10-23(15-21)28-18-22(27)17-25-12-6-11-24(13-14-25)16-20-7-3-2-4-8-20/h2-5,7-10,15,22,27H,6,11-14,16-18H2,1H3. The lowest BCUT2D eigenvalue weighted by Gasteiger charge is -2.24. The van der Waals surface area contributed by atoms with Gasteiger partial charge in [0.1, 0.15) is 18.5 Å². The summed E-state index contributed by atoms with van der Waals surface area (Å²) in [6, 6.07) is 17.7. The number of hydrogen-bond acceptors (Lipinski definition) is 5. The number of Topliss-reactive ketones (excluding diaryl/α,β-unsaturated/α-hetero) is 1. The Kier molecular flexibility index (Phi) is 7.60. The third-order valence-corrected chi connectivity index (χ3v) is 5.08. The van der Waals surface area contributed by atoms with Crippen molar-refractivity contribution < 1.29 is 14.6 Å². The molecular formula is C23H30N2O3. The molecule has 0 aromatic heterocycles. The van der Waals surface area contributed by atoms with Gasteiger partial charge in [-0.05, 0) is 44.1 Å². The van der Waals surface area contributed by atoms with Gasteiger partial charge in [-0.3, -0.25) is 14.6 Å². The lowest BCUT2D eigenvalue weighted by Crippen LogP contribution is -2.38. The van der Waals surface area contributed by atoms with Crippen molar-refractivity contribution >= 4 is 5.78 Å². The summed E-state index contributed by atoms with van der Waals surface area (Å²) in [5.41, 5.74) is 1.97. The summed E-state index contributed by atoms with van der Waals surface area (Å²) in [6.07, 6.45) is 0.544. The molecule has 1 heterocycles. The molecule has 0 radical (unpaired) electrons. The molecular weight excluding hydrogens is 352 g/mol. The molecule has 1 atom stereocenters. The third kappa shape index (κ3) is 6.44. The van der Waals surface area contributed by atoms with Gasteiger partial charge in [0.2, 0.25) is 0 Å². The molecule has 1 unspecified atom stereocenters. The third-order valence-electron chi connectivity index (χ3n) is 5.08. The number of β-amino-alcohol motifs (C(OH)–C–C–N with tert-alkyl or cyclic N) is 1. The van der Waals surface area contributed by atoms with Crippen LogP contribution in [0.5, 0.6) is 5.75 Å². The molecule has 2 aromatic carbocycles. The summed E-state index contributed by atoms with van der Waals surface area (Å²) in [5.74, 6) is 0.632. The molecule has 1 aliphatic rings. The van der Waals surface area contributed by atoms with Gasteiger partial charge in [-0.1, -0.05) is 42.5 Å². The normalized spacial score (nSPS) is 17.1. The molecule has 1 saturated heterocycles. The largest absolute Gasteiger partial charge is 0.491 e. The van der Waals surface area contributed by atoms with E-state index in [4.69, 9.17) is 4.74 Å². The first kappa shape index (κ1) is 20.5. The second-order valence-corrected chi connectivity index (χ2v) is 7.46. The number of ketones is 1. The minimum atomic E-state index is -0.554. The molecule has 150 valence electrons. The Morgan fingerprint density at radius 2 is 1.79 bits per heavy atom. The van der Waals surface area contributed by atoms with Crippen molar-refractivity contribution in [3.05, 3.63) is 65.7 Å². The zero-order valence-corrected chi connectivity index (χ0v) is 16.6. The first-order valence-corrected chi connectivity index (χ1v) is 10.0. The average molecular weight is 383 g/mol. The number of nitrogens with zero attached hydrogens (tertiary/aromatic N) is 2. The SMILES string of the molecule is CC(=O)c1cccc(OCC(O)CN2CCCN(Cc3ccccc3)CC2)c1. The quantitative estimate of drug-likeness (QED) is 0.712. The molecule has 2 aromatic rings. The number of benzene rings is 2. The maximum Gasteiger partial charge on any atom is 0.159 e. The van der Waals surface area contributed by atoms with Gasteiger partial charge < -0.3 is 9.84 Å². The molecule has 28 heavy (non-hydrogen) atoms. The van der Waals surface area contributed by atoms with E-state index in [9.17, 15) is 9.90 Å². The van der Waals surface area contributed by atoms with Crippen molar-refractivity contribution in [3.63, 3.8) is 0 Å². The van der Waals surface area contributed by atoms with Crippen molar-refractivity contribution in [2.75, 3.05) is 39.3 Å². The number of ether oxygens (including phenoxy) is 1. The van der Waals surface area contributed by atoms with E-state index >= 15 is 0 Å². The van der Waals surface area contributed by atoms with Crippen LogP contribution in [-0.4, -0.2) is 66.1 Å². The predicted octanol–water partition coefficient (Wildman–Crippen LogP) is 2.84. The topological polar surface area (TPSA) is 53.0 Å². The Balaban J connectivity index is 1.42. The Hall–Kier alpha value is -2.21. The first-order chi connectivity index (χ1) is 13.6.